The molecular formula is C12H15I2NO3. The van der Waals surface area contributed by atoms with Crippen LogP contribution >= 0.6 is 45.2 Å². The number of anilines is 1. The van der Waals surface area contributed by atoms with Gasteiger partial charge in [0, 0.05) is 5.69 Å². The number of benzene rings is 1. The Morgan fingerprint density at radius 1 is 1.33 bits per heavy atom. The van der Waals surface area contributed by atoms with Crippen LogP contribution in [-0.4, -0.2) is 18.8 Å². The van der Waals surface area contributed by atoms with E-state index in [0.717, 1.165) is 12.9 Å². The summed E-state index contributed by atoms with van der Waals surface area (Å²) in [5.41, 5.74) is 0.706. The first-order chi connectivity index (χ1) is 8.43. The molecule has 0 fully saturated rings. The number of ether oxygens (including phenoxy) is 2. The molecule has 1 aromatic rings. The van der Waals surface area contributed by atoms with Crippen LogP contribution in [0.4, 0.5) is 10.5 Å². The topological polar surface area (TPSA) is 47.6 Å². The second-order valence-electron chi connectivity index (χ2n) is 3.78. The molecule has 0 aliphatic carbocycles. The molecule has 1 N–H and O–H groups in total. The van der Waals surface area contributed by atoms with Gasteiger partial charge in [-0.3, -0.25) is 5.32 Å². The van der Waals surface area contributed by atoms with Crippen molar-refractivity contribution in [3.63, 3.8) is 0 Å². The van der Waals surface area contributed by atoms with Crippen molar-refractivity contribution in [2.24, 2.45) is 0 Å². The van der Waals surface area contributed by atoms with Crippen molar-refractivity contribution >= 4 is 57.0 Å². The van der Waals surface area contributed by atoms with Gasteiger partial charge in [0.2, 0.25) is 0 Å². The Balaban J connectivity index is 2.83. The standard InChI is InChI=1S/C12H15I2NO3/c1-4-17-11-9(13)5-8(6-10(11)14)15-12(16)18-7(2)3/h5-7H,4H2,1-3H3,(H,15,16). The maximum atomic E-state index is 11.5. The lowest BCUT2D eigenvalue weighted by Gasteiger charge is -2.13. The van der Waals surface area contributed by atoms with Gasteiger partial charge in [-0.05, 0) is 78.1 Å². The van der Waals surface area contributed by atoms with Crippen LogP contribution in [0.25, 0.3) is 0 Å². The normalized spacial score (nSPS) is 10.3. The minimum absolute atomic E-state index is 0.133. The molecule has 1 rings (SSSR count). The third-order valence-electron chi connectivity index (χ3n) is 1.88. The van der Waals surface area contributed by atoms with E-state index < -0.39 is 6.09 Å². The molecule has 4 nitrogen and oxygen atoms in total. The summed E-state index contributed by atoms with van der Waals surface area (Å²) < 4.78 is 12.5. The average molecular weight is 475 g/mol. The van der Waals surface area contributed by atoms with Crippen molar-refractivity contribution in [2.75, 3.05) is 11.9 Å². The highest BCUT2D eigenvalue weighted by molar-refractivity contribution is 14.1. The molecule has 6 heteroatoms. The Hall–Kier alpha value is -0.250. The molecule has 0 aromatic heterocycles. The second-order valence-corrected chi connectivity index (χ2v) is 6.11. The van der Waals surface area contributed by atoms with Crippen LogP contribution in [0.1, 0.15) is 20.8 Å². The molecule has 0 bridgehead atoms. The highest BCUT2D eigenvalue weighted by Gasteiger charge is 2.11. The summed E-state index contributed by atoms with van der Waals surface area (Å²) in [4.78, 5) is 11.5. The minimum atomic E-state index is -0.444. The van der Waals surface area contributed by atoms with Crippen LogP contribution in [0, 0.1) is 7.14 Å². The number of hydrogen-bond acceptors (Lipinski definition) is 3. The summed E-state index contributed by atoms with van der Waals surface area (Å²) in [6, 6.07) is 3.71. The van der Waals surface area contributed by atoms with Gasteiger partial charge in [-0.2, -0.15) is 0 Å². The van der Waals surface area contributed by atoms with E-state index in [1.54, 1.807) is 0 Å². The SMILES string of the molecule is CCOc1c(I)cc(NC(=O)OC(C)C)cc1I. The van der Waals surface area contributed by atoms with E-state index in [2.05, 4.69) is 50.5 Å². The first-order valence-corrected chi connectivity index (χ1v) is 7.69. The fourth-order valence-electron chi connectivity index (χ4n) is 1.28. The Kier molecular flexibility index (Phi) is 6.47. The number of rotatable bonds is 4. The van der Waals surface area contributed by atoms with E-state index in [1.807, 2.05) is 32.9 Å². The highest BCUT2D eigenvalue weighted by atomic mass is 127. The number of amides is 1. The van der Waals surface area contributed by atoms with Crippen molar-refractivity contribution < 1.29 is 14.3 Å². The maximum absolute atomic E-state index is 11.5. The van der Waals surface area contributed by atoms with Crippen molar-refractivity contribution in [3.05, 3.63) is 19.3 Å². The molecule has 1 aromatic carbocycles. The summed E-state index contributed by atoms with van der Waals surface area (Å²) in [6.45, 7) is 6.18. The highest BCUT2D eigenvalue weighted by Crippen LogP contribution is 2.31. The van der Waals surface area contributed by atoms with E-state index in [9.17, 15) is 4.79 Å². The van der Waals surface area contributed by atoms with Crippen LogP contribution in [-0.2, 0) is 4.74 Å². The van der Waals surface area contributed by atoms with E-state index >= 15 is 0 Å². The summed E-state index contributed by atoms with van der Waals surface area (Å²) in [6.07, 6.45) is -0.577. The van der Waals surface area contributed by atoms with E-state index in [1.165, 1.54) is 0 Å². The van der Waals surface area contributed by atoms with E-state index in [-0.39, 0.29) is 6.10 Å². The first kappa shape index (κ1) is 15.8. The third-order valence-corrected chi connectivity index (χ3v) is 3.48. The Bertz CT molecular complexity index is 412. The van der Waals surface area contributed by atoms with Crippen LogP contribution in [0.5, 0.6) is 5.75 Å². The van der Waals surface area contributed by atoms with Gasteiger partial charge in [0.15, 0.2) is 0 Å². The summed E-state index contributed by atoms with van der Waals surface area (Å²) >= 11 is 4.37. The average Bonchev–Trinajstić information content (AvgIpc) is 2.22. The summed E-state index contributed by atoms with van der Waals surface area (Å²) in [7, 11) is 0. The molecule has 0 spiro atoms. The predicted octanol–water partition coefficient (Wildman–Crippen LogP) is 4.25. The molecule has 0 unspecified atom stereocenters. The molecule has 0 aliphatic heterocycles. The second kappa shape index (κ2) is 7.37. The molecule has 0 heterocycles. The monoisotopic (exact) mass is 475 g/mol. The van der Waals surface area contributed by atoms with Gasteiger partial charge in [-0.1, -0.05) is 0 Å². The lowest BCUT2D eigenvalue weighted by molar-refractivity contribution is 0.130. The lowest BCUT2D eigenvalue weighted by Crippen LogP contribution is -2.18. The summed E-state index contributed by atoms with van der Waals surface area (Å²) in [5, 5.41) is 2.70. The molecule has 0 atom stereocenters. The van der Waals surface area contributed by atoms with Gasteiger partial charge in [0.25, 0.3) is 0 Å². The number of carbonyl (C=O) groups is 1. The van der Waals surface area contributed by atoms with Gasteiger partial charge in [-0.25, -0.2) is 4.79 Å². The van der Waals surface area contributed by atoms with Gasteiger partial charge in [-0.15, -0.1) is 0 Å². The zero-order valence-electron chi connectivity index (χ0n) is 10.4. The number of carbonyl (C=O) groups excluding carboxylic acids is 1. The zero-order chi connectivity index (χ0) is 13.7. The quantitative estimate of drug-likeness (QED) is 0.663. The number of halogens is 2. The first-order valence-electron chi connectivity index (χ1n) is 5.53. The van der Waals surface area contributed by atoms with Crippen LogP contribution in [0.2, 0.25) is 0 Å². The van der Waals surface area contributed by atoms with Crippen LogP contribution in [0.3, 0.4) is 0 Å². The Morgan fingerprint density at radius 3 is 2.33 bits per heavy atom. The van der Waals surface area contributed by atoms with Gasteiger partial charge in [0.05, 0.1) is 19.9 Å². The van der Waals surface area contributed by atoms with Crippen molar-refractivity contribution in [1.82, 2.24) is 0 Å². The maximum Gasteiger partial charge on any atom is 0.411 e. The number of nitrogens with one attached hydrogen (secondary N) is 1. The molecule has 0 saturated heterocycles. The van der Waals surface area contributed by atoms with Crippen molar-refractivity contribution in [3.8, 4) is 5.75 Å². The van der Waals surface area contributed by atoms with Crippen LogP contribution in [0.15, 0.2) is 12.1 Å². The van der Waals surface area contributed by atoms with Crippen molar-refractivity contribution in [1.29, 1.82) is 0 Å². The number of hydrogen-bond donors (Lipinski definition) is 1. The lowest BCUT2D eigenvalue weighted by atomic mass is 10.3. The fourth-order valence-corrected chi connectivity index (χ4v) is 3.36. The van der Waals surface area contributed by atoms with E-state index in [0.29, 0.717) is 12.3 Å². The third kappa shape index (κ3) is 4.79. The molecule has 0 radical (unpaired) electrons. The summed E-state index contributed by atoms with van der Waals surface area (Å²) in [5.74, 6) is 0.849. The van der Waals surface area contributed by atoms with Gasteiger partial charge in [0.1, 0.15) is 5.75 Å². The van der Waals surface area contributed by atoms with Gasteiger partial charge >= 0.3 is 6.09 Å². The Labute approximate surface area is 134 Å². The predicted molar refractivity (Wildman–Crippen MR) is 88.3 cm³/mol. The molecule has 18 heavy (non-hydrogen) atoms. The molecular weight excluding hydrogens is 460 g/mol. The fraction of sp³-hybridized carbons (Fsp3) is 0.417. The largest absolute Gasteiger partial charge is 0.492 e. The van der Waals surface area contributed by atoms with Gasteiger partial charge < -0.3 is 9.47 Å². The molecule has 100 valence electrons. The minimum Gasteiger partial charge on any atom is -0.492 e. The zero-order valence-corrected chi connectivity index (χ0v) is 14.7. The van der Waals surface area contributed by atoms with E-state index in [4.69, 9.17) is 9.47 Å². The molecule has 0 saturated carbocycles. The van der Waals surface area contributed by atoms with Crippen molar-refractivity contribution in [2.45, 2.75) is 26.9 Å². The molecule has 0 aliphatic rings. The Morgan fingerprint density at radius 2 is 1.89 bits per heavy atom. The molecule has 1 amide bonds. The smallest absolute Gasteiger partial charge is 0.411 e. The van der Waals surface area contributed by atoms with Crippen LogP contribution < -0.4 is 10.1 Å².